The van der Waals surface area contributed by atoms with Gasteiger partial charge in [-0.15, -0.1) is 0 Å². The lowest BCUT2D eigenvalue weighted by Crippen LogP contribution is -2.51. The predicted octanol–water partition coefficient (Wildman–Crippen LogP) is 5.16. The van der Waals surface area contributed by atoms with E-state index in [9.17, 15) is 15.0 Å². The van der Waals surface area contributed by atoms with Crippen molar-refractivity contribution in [1.29, 1.82) is 0 Å². The van der Waals surface area contributed by atoms with E-state index in [-0.39, 0.29) is 23.7 Å². The molecule has 5 atom stereocenters. The van der Waals surface area contributed by atoms with Crippen LogP contribution < -0.4 is 4.90 Å². The third-order valence-electron chi connectivity index (χ3n) is 9.62. The van der Waals surface area contributed by atoms with Crippen molar-refractivity contribution in [2.75, 3.05) is 25.6 Å². The molecule has 0 aliphatic heterocycles. The summed E-state index contributed by atoms with van der Waals surface area (Å²) in [5, 5.41) is 21.4. The van der Waals surface area contributed by atoms with Gasteiger partial charge in [0.15, 0.2) is 5.78 Å². The number of benzene rings is 1. The Hall–Kier alpha value is -1.91. The smallest absolute Gasteiger partial charge is 0.156 e. The number of hydrogen-bond donors (Lipinski definition) is 2. The molecular formula is C29H39NO3. The van der Waals surface area contributed by atoms with Crippen LogP contribution in [-0.2, 0) is 4.79 Å². The molecule has 0 unspecified atom stereocenters. The summed E-state index contributed by atoms with van der Waals surface area (Å²) in [6.07, 6.45) is 9.68. The minimum atomic E-state index is -0.711. The fourth-order valence-corrected chi connectivity index (χ4v) is 7.84. The normalized spacial score (nSPS) is 35.6. The quantitative estimate of drug-likeness (QED) is 0.652. The maximum Gasteiger partial charge on any atom is 0.156 e. The molecule has 5 rings (SSSR count). The molecule has 0 heterocycles. The molecule has 1 aromatic carbocycles. The minimum Gasteiger partial charge on any atom is -0.396 e. The number of fused-ring (bicyclic) bond motifs is 4. The first-order valence-corrected chi connectivity index (χ1v) is 12.8. The van der Waals surface area contributed by atoms with Gasteiger partial charge in [0.1, 0.15) is 0 Å². The first-order chi connectivity index (χ1) is 15.8. The van der Waals surface area contributed by atoms with Gasteiger partial charge < -0.3 is 15.1 Å². The van der Waals surface area contributed by atoms with Crippen molar-refractivity contribution in [3.8, 4) is 0 Å². The van der Waals surface area contributed by atoms with Crippen molar-refractivity contribution in [3.63, 3.8) is 0 Å². The van der Waals surface area contributed by atoms with Crippen LogP contribution in [0.25, 0.3) is 0 Å². The van der Waals surface area contributed by atoms with E-state index in [4.69, 9.17) is 0 Å². The topological polar surface area (TPSA) is 60.8 Å². The second-order valence-corrected chi connectivity index (χ2v) is 11.4. The number of carbonyl (C=O) groups is 1. The molecular weight excluding hydrogens is 410 g/mol. The average molecular weight is 450 g/mol. The van der Waals surface area contributed by atoms with Gasteiger partial charge in [-0.25, -0.2) is 0 Å². The summed E-state index contributed by atoms with van der Waals surface area (Å²) in [6.45, 7) is 2.47. The van der Waals surface area contributed by atoms with Crippen LogP contribution in [0.15, 0.2) is 47.1 Å². The predicted molar refractivity (Wildman–Crippen MR) is 132 cm³/mol. The Bertz CT molecular complexity index is 991. The van der Waals surface area contributed by atoms with Gasteiger partial charge in [0, 0.05) is 44.1 Å². The molecule has 2 saturated carbocycles. The van der Waals surface area contributed by atoms with Crippen molar-refractivity contribution in [1.82, 2.24) is 0 Å². The molecule has 0 bridgehead atoms. The number of anilines is 1. The van der Waals surface area contributed by atoms with E-state index < -0.39 is 5.60 Å². The molecule has 0 radical (unpaired) electrons. The highest BCUT2D eigenvalue weighted by Gasteiger charge is 2.62. The van der Waals surface area contributed by atoms with Gasteiger partial charge in [-0.1, -0.05) is 24.6 Å². The Kier molecular flexibility index (Phi) is 5.81. The standard InChI is InChI=1S/C29H39NO3/c1-28-18-25(19-5-8-21(9-6-19)30(2)3)27-23-12-10-22(32)17-20(23)7-11-24(27)26(28)13-15-29(28,33)14-4-16-31/h5-6,8-9,17,24-26,31,33H,4,7,10-16,18H2,1-3H3/t24-,25+,26-,28+,29-/m0/s1. The third-order valence-corrected chi connectivity index (χ3v) is 9.62. The molecule has 4 heteroatoms. The zero-order valence-electron chi connectivity index (χ0n) is 20.4. The van der Waals surface area contributed by atoms with Gasteiger partial charge in [-0.3, -0.25) is 4.79 Å². The molecule has 4 aliphatic carbocycles. The number of ketones is 1. The van der Waals surface area contributed by atoms with Gasteiger partial charge in [0.25, 0.3) is 0 Å². The van der Waals surface area contributed by atoms with E-state index in [1.54, 1.807) is 5.57 Å². The van der Waals surface area contributed by atoms with Crippen molar-refractivity contribution in [2.45, 2.75) is 76.2 Å². The highest BCUT2D eigenvalue weighted by atomic mass is 16.3. The fraction of sp³-hybridized carbons (Fsp3) is 0.621. The van der Waals surface area contributed by atoms with Crippen LogP contribution in [0.5, 0.6) is 0 Å². The molecule has 1 aromatic rings. The fourth-order valence-electron chi connectivity index (χ4n) is 7.84. The van der Waals surface area contributed by atoms with E-state index in [0.29, 0.717) is 31.1 Å². The SMILES string of the molecule is CN(C)c1ccc([C@H]2C[C@]3(C)[C@@H](CC[C@@]3(O)CCCO)[C@@H]3CCC4=CC(=O)CCC4=C32)cc1. The van der Waals surface area contributed by atoms with Crippen molar-refractivity contribution >= 4 is 11.5 Å². The van der Waals surface area contributed by atoms with Crippen molar-refractivity contribution < 1.29 is 15.0 Å². The van der Waals surface area contributed by atoms with Crippen LogP contribution in [0.2, 0.25) is 0 Å². The van der Waals surface area contributed by atoms with E-state index in [0.717, 1.165) is 38.5 Å². The number of allylic oxidation sites excluding steroid dienone is 4. The highest BCUT2D eigenvalue weighted by Crippen LogP contribution is 2.67. The molecule has 0 amide bonds. The number of aliphatic hydroxyl groups is 2. The van der Waals surface area contributed by atoms with E-state index in [2.05, 4.69) is 50.2 Å². The van der Waals surface area contributed by atoms with Gasteiger partial charge in [-0.2, -0.15) is 0 Å². The summed E-state index contributed by atoms with van der Waals surface area (Å²) >= 11 is 0. The van der Waals surface area contributed by atoms with E-state index >= 15 is 0 Å². The number of carbonyl (C=O) groups excluding carboxylic acids is 1. The van der Waals surface area contributed by atoms with Crippen LogP contribution >= 0.6 is 0 Å². The van der Waals surface area contributed by atoms with Crippen molar-refractivity contribution in [2.24, 2.45) is 17.3 Å². The monoisotopic (exact) mass is 449 g/mol. The largest absolute Gasteiger partial charge is 0.396 e. The van der Waals surface area contributed by atoms with Gasteiger partial charge in [0.05, 0.1) is 5.60 Å². The van der Waals surface area contributed by atoms with Crippen LogP contribution in [0.4, 0.5) is 5.69 Å². The highest BCUT2D eigenvalue weighted by molar-refractivity contribution is 5.93. The lowest BCUT2D eigenvalue weighted by Gasteiger charge is -2.55. The van der Waals surface area contributed by atoms with Crippen molar-refractivity contribution in [3.05, 3.63) is 52.6 Å². The molecule has 4 aliphatic rings. The number of hydrogen-bond acceptors (Lipinski definition) is 4. The maximum absolute atomic E-state index is 12.2. The zero-order chi connectivity index (χ0) is 23.4. The molecule has 0 spiro atoms. The lowest BCUT2D eigenvalue weighted by molar-refractivity contribution is -0.114. The first-order valence-electron chi connectivity index (χ1n) is 12.8. The summed E-state index contributed by atoms with van der Waals surface area (Å²) in [6, 6.07) is 8.98. The molecule has 0 saturated heterocycles. The number of nitrogens with zero attached hydrogens (tertiary/aromatic N) is 1. The van der Waals surface area contributed by atoms with Gasteiger partial charge in [0.2, 0.25) is 0 Å². The molecule has 33 heavy (non-hydrogen) atoms. The summed E-state index contributed by atoms with van der Waals surface area (Å²) in [4.78, 5) is 14.3. The Morgan fingerprint density at radius 1 is 1.09 bits per heavy atom. The van der Waals surface area contributed by atoms with Gasteiger partial charge >= 0.3 is 0 Å². The van der Waals surface area contributed by atoms with Crippen LogP contribution in [0.3, 0.4) is 0 Å². The Labute approximate surface area is 198 Å². The molecule has 4 nitrogen and oxygen atoms in total. The summed E-state index contributed by atoms with van der Waals surface area (Å²) in [5.74, 6) is 1.50. The van der Waals surface area contributed by atoms with Crippen LogP contribution in [0, 0.1) is 17.3 Å². The summed E-state index contributed by atoms with van der Waals surface area (Å²) in [5.41, 5.74) is 5.98. The average Bonchev–Trinajstić information content (AvgIpc) is 3.07. The summed E-state index contributed by atoms with van der Waals surface area (Å²) in [7, 11) is 4.14. The second kappa shape index (κ2) is 8.39. The number of aliphatic hydroxyl groups excluding tert-OH is 1. The zero-order valence-corrected chi connectivity index (χ0v) is 20.4. The molecule has 2 fully saturated rings. The van der Waals surface area contributed by atoms with Crippen LogP contribution in [0.1, 0.15) is 76.2 Å². The Morgan fingerprint density at radius 2 is 1.85 bits per heavy atom. The maximum atomic E-state index is 12.2. The summed E-state index contributed by atoms with van der Waals surface area (Å²) < 4.78 is 0. The van der Waals surface area contributed by atoms with E-state index in [1.807, 2.05) is 6.08 Å². The molecule has 0 aromatic heterocycles. The Morgan fingerprint density at radius 3 is 2.55 bits per heavy atom. The molecule has 178 valence electrons. The minimum absolute atomic E-state index is 0.138. The first kappa shape index (κ1) is 22.9. The van der Waals surface area contributed by atoms with Crippen LogP contribution in [-0.4, -0.2) is 42.3 Å². The Balaban J connectivity index is 1.62. The second-order valence-electron chi connectivity index (χ2n) is 11.4. The third kappa shape index (κ3) is 3.61. The lowest BCUT2D eigenvalue weighted by atomic mass is 9.51. The van der Waals surface area contributed by atoms with E-state index in [1.165, 1.54) is 22.4 Å². The van der Waals surface area contributed by atoms with Gasteiger partial charge in [-0.05, 0) is 98.1 Å². The molecule has 2 N–H and O–H groups in total. The number of rotatable bonds is 5.